The van der Waals surface area contributed by atoms with Crippen molar-refractivity contribution < 1.29 is 19.2 Å². The van der Waals surface area contributed by atoms with Crippen molar-refractivity contribution in [2.45, 2.75) is 143 Å². The van der Waals surface area contributed by atoms with Crippen LogP contribution in [0.15, 0.2) is 11.6 Å². The van der Waals surface area contributed by atoms with E-state index in [1.807, 2.05) is 45.6 Å². The fraction of sp³-hybridized carbons (Fsp3) is 0.829. The van der Waals surface area contributed by atoms with Crippen molar-refractivity contribution >= 4 is 23.6 Å². The van der Waals surface area contributed by atoms with E-state index in [2.05, 4.69) is 24.1 Å². The number of piperidine rings is 1. The van der Waals surface area contributed by atoms with E-state index in [0.717, 1.165) is 71.0 Å². The van der Waals surface area contributed by atoms with Crippen molar-refractivity contribution in [2.24, 2.45) is 11.3 Å². The minimum absolute atomic E-state index is 0.0332. The average molecular weight is 616 g/mol. The summed E-state index contributed by atoms with van der Waals surface area (Å²) in [4.78, 5) is 62.7. The van der Waals surface area contributed by atoms with Gasteiger partial charge in [0.25, 0.3) is 0 Å². The van der Waals surface area contributed by atoms with Crippen LogP contribution in [-0.2, 0) is 19.2 Å². The van der Waals surface area contributed by atoms with Crippen molar-refractivity contribution in [1.29, 1.82) is 0 Å². The number of carbonyl (C=O) groups is 4. The van der Waals surface area contributed by atoms with Crippen molar-refractivity contribution in [3.8, 4) is 0 Å². The molecule has 9 nitrogen and oxygen atoms in total. The quantitative estimate of drug-likeness (QED) is 0.383. The monoisotopic (exact) mass is 615 g/mol. The van der Waals surface area contributed by atoms with Crippen LogP contribution < -0.4 is 5.32 Å². The van der Waals surface area contributed by atoms with Gasteiger partial charge in [0.1, 0.15) is 12.1 Å². The lowest BCUT2D eigenvalue weighted by Gasteiger charge is -2.41. The molecule has 3 heterocycles. The number of likely N-dealkylation sites (tertiary alicyclic amines) is 3. The highest BCUT2D eigenvalue weighted by molar-refractivity contribution is 5.97. The van der Waals surface area contributed by atoms with Gasteiger partial charge in [-0.05, 0) is 77.2 Å². The SMILES string of the molecule is C/C(=C\[C@H](C(C)C)N(C)C(=O)C(NC(=O)[C@H]1CCCCN1C(C)C)C(C)(C)C)C(=O)N1CCCC1C(=O)N1CCCCCC1. The molecule has 0 bridgehead atoms. The molecule has 3 rings (SSSR count). The summed E-state index contributed by atoms with van der Waals surface area (Å²) in [6, 6.07) is -1.46. The summed E-state index contributed by atoms with van der Waals surface area (Å²) in [5, 5.41) is 3.15. The Balaban J connectivity index is 1.77. The third-order valence-corrected chi connectivity index (χ3v) is 9.86. The second-order valence-corrected chi connectivity index (χ2v) is 15.1. The van der Waals surface area contributed by atoms with Crippen LogP contribution in [0.1, 0.15) is 113 Å². The largest absolute Gasteiger partial charge is 0.342 e. The molecule has 0 aliphatic carbocycles. The highest BCUT2D eigenvalue weighted by Crippen LogP contribution is 2.27. The molecule has 0 spiro atoms. The molecule has 9 heteroatoms. The molecule has 44 heavy (non-hydrogen) atoms. The molecule has 3 aliphatic rings. The molecule has 1 N–H and O–H groups in total. The van der Waals surface area contributed by atoms with Crippen LogP contribution in [0.3, 0.4) is 0 Å². The van der Waals surface area contributed by atoms with Crippen LogP contribution in [0.4, 0.5) is 0 Å². The molecule has 0 aromatic carbocycles. The van der Waals surface area contributed by atoms with E-state index in [4.69, 9.17) is 0 Å². The van der Waals surface area contributed by atoms with Crippen molar-refractivity contribution in [1.82, 2.24) is 24.9 Å². The van der Waals surface area contributed by atoms with Crippen LogP contribution in [0.2, 0.25) is 0 Å². The minimum Gasteiger partial charge on any atom is -0.342 e. The van der Waals surface area contributed by atoms with Crippen molar-refractivity contribution in [2.75, 3.05) is 33.2 Å². The Bertz CT molecular complexity index is 1040. The Morgan fingerprint density at radius 1 is 0.818 bits per heavy atom. The predicted octanol–water partition coefficient (Wildman–Crippen LogP) is 4.60. The van der Waals surface area contributed by atoms with E-state index in [1.54, 1.807) is 23.8 Å². The van der Waals surface area contributed by atoms with Gasteiger partial charge in [-0.3, -0.25) is 24.1 Å². The first-order valence-electron chi connectivity index (χ1n) is 17.3. The van der Waals surface area contributed by atoms with Gasteiger partial charge in [0, 0.05) is 38.3 Å². The first kappa shape index (κ1) is 36.1. The Morgan fingerprint density at radius 2 is 1.41 bits per heavy atom. The zero-order valence-corrected chi connectivity index (χ0v) is 29.2. The number of hydrogen-bond donors (Lipinski definition) is 1. The maximum Gasteiger partial charge on any atom is 0.249 e. The maximum atomic E-state index is 14.1. The summed E-state index contributed by atoms with van der Waals surface area (Å²) in [6.07, 6.45) is 10.6. The number of likely N-dealkylation sites (N-methyl/N-ethyl adjacent to an activating group) is 1. The van der Waals surface area contributed by atoms with Crippen LogP contribution in [0.5, 0.6) is 0 Å². The van der Waals surface area contributed by atoms with E-state index in [1.165, 1.54) is 0 Å². The van der Waals surface area contributed by atoms with Gasteiger partial charge in [0.05, 0.1) is 12.1 Å². The highest BCUT2D eigenvalue weighted by atomic mass is 16.2. The molecular formula is C35H61N5O4. The number of carbonyl (C=O) groups excluding carboxylic acids is 4. The highest BCUT2D eigenvalue weighted by Gasteiger charge is 2.41. The molecule has 3 saturated heterocycles. The van der Waals surface area contributed by atoms with Crippen LogP contribution in [-0.4, -0.2) is 107 Å². The summed E-state index contributed by atoms with van der Waals surface area (Å²) in [5.74, 6) is -0.267. The zero-order valence-electron chi connectivity index (χ0n) is 29.2. The molecule has 250 valence electrons. The molecule has 3 aliphatic heterocycles. The van der Waals surface area contributed by atoms with Crippen LogP contribution in [0.25, 0.3) is 0 Å². The third kappa shape index (κ3) is 8.85. The van der Waals surface area contributed by atoms with E-state index in [9.17, 15) is 19.2 Å². The molecule has 0 saturated carbocycles. The van der Waals surface area contributed by atoms with Gasteiger partial charge in [-0.25, -0.2) is 0 Å². The lowest BCUT2D eigenvalue weighted by Crippen LogP contribution is -2.60. The second-order valence-electron chi connectivity index (χ2n) is 15.1. The number of hydrogen-bond acceptors (Lipinski definition) is 5. The molecule has 4 amide bonds. The fourth-order valence-electron chi connectivity index (χ4n) is 7.16. The van der Waals surface area contributed by atoms with E-state index in [0.29, 0.717) is 18.5 Å². The summed E-state index contributed by atoms with van der Waals surface area (Å²) < 4.78 is 0. The molecular weight excluding hydrogens is 554 g/mol. The topological polar surface area (TPSA) is 93.3 Å². The van der Waals surface area contributed by atoms with E-state index >= 15 is 0 Å². The van der Waals surface area contributed by atoms with Gasteiger partial charge in [-0.2, -0.15) is 0 Å². The Labute approximate surface area is 267 Å². The van der Waals surface area contributed by atoms with Crippen LogP contribution >= 0.6 is 0 Å². The average Bonchev–Trinajstić information content (AvgIpc) is 3.30. The number of nitrogens with one attached hydrogen (secondary N) is 1. The molecule has 0 radical (unpaired) electrons. The number of nitrogens with zero attached hydrogens (tertiary/aromatic N) is 4. The second kappa shape index (κ2) is 15.7. The predicted molar refractivity (Wildman–Crippen MR) is 176 cm³/mol. The molecule has 0 aromatic heterocycles. The van der Waals surface area contributed by atoms with Gasteiger partial charge >= 0.3 is 0 Å². The summed E-state index contributed by atoms with van der Waals surface area (Å²) in [6.45, 7) is 19.1. The minimum atomic E-state index is -0.712. The maximum absolute atomic E-state index is 14.1. The summed E-state index contributed by atoms with van der Waals surface area (Å²) in [7, 11) is 1.77. The summed E-state index contributed by atoms with van der Waals surface area (Å²) in [5.41, 5.74) is 0.0373. The molecule has 2 unspecified atom stereocenters. The van der Waals surface area contributed by atoms with E-state index < -0.39 is 17.5 Å². The van der Waals surface area contributed by atoms with Gasteiger partial charge in [0.2, 0.25) is 23.6 Å². The van der Waals surface area contributed by atoms with Gasteiger partial charge in [-0.1, -0.05) is 60.0 Å². The zero-order chi connectivity index (χ0) is 32.8. The van der Waals surface area contributed by atoms with Gasteiger partial charge in [-0.15, -0.1) is 0 Å². The first-order valence-corrected chi connectivity index (χ1v) is 17.3. The Kier molecular flexibility index (Phi) is 12.9. The molecule has 3 fully saturated rings. The normalized spacial score (nSPS) is 23.8. The summed E-state index contributed by atoms with van der Waals surface area (Å²) >= 11 is 0. The fourth-order valence-corrected chi connectivity index (χ4v) is 7.16. The molecule has 0 aromatic rings. The van der Waals surface area contributed by atoms with Crippen LogP contribution in [0, 0.1) is 11.3 Å². The first-order chi connectivity index (χ1) is 20.6. The standard InChI is InChI=1S/C35H61N5O4/c1-24(2)29(23-26(5)32(42)40-22-16-18-28(40)33(43)38-19-13-10-11-14-20-38)37(9)34(44)30(35(6,7)8)36-31(41)27-17-12-15-21-39(27)25(3)4/h23-25,27-30H,10-22H2,1-9H3,(H,36,41)/b26-23+/t27-,28?,29-,30?/m1/s1. The number of amides is 4. The Morgan fingerprint density at radius 3 is 1.98 bits per heavy atom. The molecule has 4 atom stereocenters. The van der Waals surface area contributed by atoms with E-state index in [-0.39, 0.29) is 47.7 Å². The Hall–Kier alpha value is -2.42. The van der Waals surface area contributed by atoms with Crippen molar-refractivity contribution in [3.05, 3.63) is 11.6 Å². The third-order valence-electron chi connectivity index (χ3n) is 9.86. The number of rotatable bonds is 9. The smallest absolute Gasteiger partial charge is 0.249 e. The van der Waals surface area contributed by atoms with Gasteiger partial charge in [0.15, 0.2) is 0 Å². The lowest BCUT2D eigenvalue weighted by atomic mass is 9.84. The lowest BCUT2D eigenvalue weighted by molar-refractivity contribution is -0.142. The van der Waals surface area contributed by atoms with Crippen molar-refractivity contribution in [3.63, 3.8) is 0 Å². The van der Waals surface area contributed by atoms with Gasteiger partial charge < -0.3 is 20.0 Å².